The molecule has 0 atom stereocenters. The number of methoxy groups -OCH3 is 2. The maximum Gasteiger partial charge on any atom is 0.193 e. The smallest absolute Gasteiger partial charge is 0.193 e. The van der Waals surface area contributed by atoms with E-state index in [1.54, 1.807) is 38.5 Å². The first-order chi connectivity index (χ1) is 14.0. The Kier molecular flexibility index (Phi) is 6.77. The van der Waals surface area contributed by atoms with Crippen molar-refractivity contribution in [2.75, 3.05) is 37.5 Å². The first-order valence-electron chi connectivity index (χ1n) is 9.50. The van der Waals surface area contributed by atoms with Crippen molar-refractivity contribution in [1.29, 1.82) is 0 Å². The Hall–Kier alpha value is -3.00. The molecule has 0 aromatic heterocycles. The zero-order valence-electron chi connectivity index (χ0n) is 16.7. The number of rotatable bonds is 6. The number of hydrogen-bond donors (Lipinski definition) is 3. The molecule has 0 spiro atoms. The lowest BCUT2D eigenvalue weighted by Gasteiger charge is -2.31. The fourth-order valence-electron chi connectivity index (χ4n) is 3.29. The fraction of sp³-hybridized carbons (Fsp3) is 0.381. The van der Waals surface area contributed by atoms with Crippen LogP contribution in [0.5, 0.6) is 11.5 Å². The van der Waals surface area contributed by atoms with Crippen molar-refractivity contribution in [1.82, 2.24) is 0 Å². The summed E-state index contributed by atoms with van der Waals surface area (Å²) in [5.41, 5.74) is 7.94. The third-order valence-corrected chi connectivity index (χ3v) is 4.91. The number of piperidine rings is 1. The van der Waals surface area contributed by atoms with E-state index in [1.165, 1.54) is 6.07 Å². The van der Waals surface area contributed by atoms with Crippen LogP contribution in [0.2, 0.25) is 0 Å². The normalized spacial score (nSPS) is 15.3. The minimum absolute atomic E-state index is 0.215. The first kappa shape index (κ1) is 20.7. The number of anilines is 2. The van der Waals surface area contributed by atoms with Gasteiger partial charge in [0, 0.05) is 24.8 Å². The molecule has 1 aliphatic heterocycles. The molecule has 156 valence electrons. The topological polar surface area (TPSA) is 92.3 Å². The van der Waals surface area contributed by atoms with Crippen LogP contribution >= 0.6 is 0 Å². The zero-order chi connectivity index (χ0) is 20.8. The lowest BCUT2D eigenvalue weighted by atomic mass is 10.1. The Morgan fingerprint density at radius 1 is 1.17 bits per heavy atom. The lowest BCUT2D eigenvalue weighted by molar-refractivity contribution is 0.145. The minimum atomic E-state index is -0.291. The molecule has 0 aliphatic carbocycles. The number of aliphatic hydroxyl groups excluding tert-OH is 1. The molecule has 0 amide bonds. The van der Waals surface area contributed by atoms with E-state index in [-0.39, 0.29) is 24.4 Å². The van der Waals surface area contributed by atoms with E-state index in [2.05, 4.69) is 10.3 Å². The third kappa shape index (κ3) is 5.29. The molecule has 1 aliphatic rings. The summed E-state index contributed by atoms with van der Waals surface area (Å²) in [7, 11) is 3.13. The Morgan fingerprint density at radius 2 is 1.90 bits per heavy atom. The van der Waals surface area contributed by atoms with Gasteiger partial charge >= 0.3 is 0 Å². The van der Waals surface area contributed by atoms with Crippen LogP contribution in [0.15, 0.2) is 41.4 Å². The Balaban J connectivity index is 1.62. The van der Waals surface area contributed by atoms with Gasteiger partial charge in [-0.2, -0.15) is 0 Å². The summed E-state index contributed by atoms with van der Waals surface area (Å²) in [6, 6.07) is 10.4. The second kappa shape index (κ2) is 9.47. The van der Waals surface area contributed by atoms with Crippen LogP contribution in [-0.4, -0.2) is 44.5 Å². The molecule has 1 saturated heterocycles. The molecule has 1 heterocycles. The average molecular weight is 402 g/mol. The minimum Gasteiger partial charge on any atom is -0.493 e. The van der Waals surface area contributed by atoms with Crippen LogP contribution in [0.3, 0.4) is 0 Å². The van der Waals surface area contributed by atoms with Gasteiger partial charge in [-0.3, -0.25) is 0 Å². The van der Waals surface area contributed by atoms with E-state index in [4.69, 9.17) is 15.2 Å². The Bertz CT molecular complexity index is 867. The number of ether oxygens (including phenoxy) is 2. The first-order valence-corrected chi connectivity index (χ1v) is 9.50. The summed E-state index contributed by atoms with van der Waals surface area (Å²) < 4.78 is 25.0. The van der Waals surface area contributed by atoms with Gasteiger partial charge < -0.3 is 30.5 Å². The maximum absolute atomic E-state index is 14.5. The lowest BCUT2D eigenvalue weighted by Crippen LogP contribution is -2.36. The zero-order valence-corrected chi connectivity index (χ0v) is 16.7. The summed E-state index contributed by atoms with van der Waals surface area (Å²) >= 11 is 0. The van der Waals surface area contributed by atoms with E-state index in [0.717, 1.165) is 5.56 Å². The van der Waals surface area contributed by atoms with Crippen LogP contribution in [0.4, 0.5) is 15.8 Å². The van der Waals surface area contributed by atoms with Gasteiger partial charge in [0.1, 0.15) is 5.82 Å². The van der Waals surface area contributed by atoms with Gasteiger partial charge in [-0.25, -0.2) is 9.38 Å². The van der Waals surface area contributed by atoms with Crippen molar-refractivity contribution >= 4 is 17.3 Å². The highest BCUT2D eigenvalue weighted by Gasteiger charge is 2.19. The van der Waals surface area contributed by atoms with Gasteiger partial charge in [0.2, 0.25) is 0 Å². The quantitative estimate of drug-likeness (QED) is 0.508. The molecule has 3 rings (SSSR count). The fourth-order valence-corrected chi connectivity index (χ4v) is 3.29. The van der Waals surface area contributed by atoms with E-state index < -0.39 is 0 Å². The van der Waals surface area contributed by atoms with Gasteiger partial charge in [0.15, 0.2) is 17.5 Å². The highest BCUT2D eigenvalue weighted by atomic mass is 19.1. The number of aliphatic hydroxyl groups is 1. The monoisotopic (exact) mass is 402 g/mol. The van der Waals surface area contributed by atoms with Crippen LogP contribution in [-0.2, 0) is 6.54 Å². The SMILES string of the molecule is COc1ccc(NC(N)=NCc2ccc(N3CCC(O)CC3)c(F)c2)cc1OC. The van der Waals surface area contributed by atoms with E-state index in [9.17, 15) is 9.50 Å². The summed E-state index contributed by atoms with van der Waals surface area (Å²) in [5, 5.41) is 12.6. The van der Waals surface area contributed by atoms with Crippen LogP contribution in [0.25, 0.3) is 0 Å². The third-order valence-electron chi connectivity index (χ3n) is 4.91. The van der Waals surface area contributed by atoms with Gasteiger partial charge in [0.05, 0.1) is 32.6 Å². The Labute approximate surface area is 169 Å². The van der Waals surface area contributed by atoms with Crippen molar-refractivity contribution in [2.45, 2.75) is 25.5 Å². The molecule has 4 N–H and O–H groups in total. The van der Waals surface area contributed by atoms with Gasteiger partial charge in [-0.1, -0.05) is 6.07 Å². The Morgan fingerprint density at radius 3 is 2.55 bits per heavy atom. The van der Waals surface area contributed by atoms with Crippen molar-refractivity contribution in [3.8, 4) is 11.5 Å². The van der Waals surface area contributed by atoms with E-state index in [1.807, 2.05) is 11.0 Å². The molecule has 2 aromatic carbocycles. The largest absolute Gasteiger partial charge is 0.493 e. The van der Waals surface area contributed by atoms with Gasteiger partial charge in [-0.05, 0) is 42.7 Å². The predicted molar refractivity (Wildman–Crippen MR) is 112 cm³/mol. The van der Waals surface area contributed by atoms with Crippen LogP contribution in [0, 0.1) is 5.82 Å². The number of benzene rings is 2. The highest BCUT2D eigenvalue weighted by Crippen LogP contribution is 2.29. The molecular weight excluding hydrogens is 375 g/mol. The number of aliphatic imine (C=N–C) groups is 1. The molecule has 0 unspecified atom stereocenters. The van der Waals surface area contributed by atoms with Crippen molar-refractivity contribution in [3.63, 3.8) is 0 Å². The van der Waals surface area contributed by atoms with Crippen molar-refractivity contribution in [2.24, 2.45) is 10.7 Å². The van der Waals surface area contributed by atoms with E-state index in [0.29, 0.717) is 48.8 Å². The molecule has 1 fully saturated rings. The van der Waals surface area contributed by atoms with Crippen LogP contribution < -0.4 is 25.4 Å². The molecule has 7 nitrogen and oxygen atoms in total. The number of hydrogen-bond acceptors (Lipinski definition) is 5. The maximum atomic E-state index is 14.5. The molecule has 8 heteroatoms. The summed E-state index contributed by atoms with van der Waals surface area (Å²) in [6.07, 6.45) is 1.03. The second-order valence-electron chi connectivity index (χ2n) is 6.90. The molecule has 2 aromatic rings. The molecule has 0 bridgehead atoms. The number of nitrogens with zero attached hydrogens (tertiary/aromatic N) is 2. The number of halogens is 1. The second-order valence-corrected chi connectivity index (χ2v) is 6.90. The standard InChI is InChI=1S/C21H27FN4O3/c1-28-19-6-4-15(12-20(19)29-2)25-21(23)24-13-14-3-5-18(17(22)11-14)26-9-7-16(27)8-10-26/h3-6,11-12,16,27H,7-10,13H2,1-2H3,(H3,23,24,25). The number of nitrogens with one attached hydrogen (secondary N) is 1. The molecular formula is C21H27FN4O3. The highest BCUT2D eigenvalue weighted by molar-refractivity contribution is 5.92. The van der Waals surface area contributed by atoms with Crippen LogP contribution in [0.1, 0.15) is 18.4 Å². The van der Waals surface area contributed by atoms with Gasteiger partial charge in [0.25, 0.3) is 0 Å². The van der Waals surface area contributed by atoms with Crippen molar-refractivity contribution in [3.05, 3.63) is 47.8 Å². The molecule has 29 heavy (non-hydrogen) atoms. The summed E-state index contributed by atoms with van der Waals surface area (Å²) in [6.45, 7) is 1.55. The average Bonchev–Trinajstić information content (AvgIpc) is 2.73. The predicted octanol–water partition coefficient (Wildman–Crippen LogP) is 2.73. The van der Waals surface area contributed by atoms with Gasteiger partial charge in [-0.15, -0.1) is 0 Å². The molecule has 0 saturated carbocycles. The summed E-state index contributed by atoms with van der Waals surface area (Å²) in [5.74, 6) is 1.12. The number of guanidine groups is 1. The van der Waals surface area contributed by atoms with E-state index >= 15 is 0 Å². The summed E-state index contributed by atoms with van der Waals surface area (Å²) in [4.78, 5) is 6.24. The van der Waals surface area contributed by atoms with Crippen molar-refractivity contribution < 1.29 is 19.0 Å². The number of nitrogens with two attached hydrogens (primary N) is 1. The molecule has 0 radical (unpaired) electrons.